The summed E-state index contributed by atoms with van der Waals surface area (Å²) in [6, 6.07) is 0. The van der Waals surface area contributed by atoms with Crippen LogP contribution in [0.5, 0.6) is 0 Å². The van der Waals surface area contributed by atoms with Gasteiger partial charge in [0.05, 0.1) is 11.5 Å². The largest absolute Gasteiger partial charge is 0.481 e. The summed E-state index contributed by atoms with van der Waals surface area (Å²) in [4.78, 5) is 10.9. The molecule has 0 atom stereocenters. The summed E-state index contributed by atoms with van der Waals surface area (Å²) >= 11 is 0. The van der Waals surface area contributed by atoms with E-state index in [0.717, 1.165) is 6.54 Å². The van der Waals surface area contributed by atoms with Crippen LogP contribution in [0.1, 0.15) is 72.1 Å². The van der Waals surface area contributed by atoms with Crippen molar-refractivity contribution in [3.05, 3.63) is 0 Å². The van der Waals surface area contributed by atoms with Crippen LogP contribution in [0.3, 0.4) is 0 Å². The Bertz CT molecular complexity index is 320. The van der Waals surface area contributed by atoms with Crippen LogP contribution in [0.15, 0.2) is 0 Å². The minimum atomic E-state index is -0.720. The first kappa shape index (κ1) is 18.4. The van der Waals surface area contributed by atoms with Crippen LogP contribution in [0.4, 0.5) is 0 Å². The van der Waals surface area contributed by atoms with E-state index in [4.69, 9.17) is 5.11 Å². The van der Waals surface area contributed by atoms with E-state index in [1.165, 1.54) is 25.7 Å². The Morgan fingerprint density at radius 2 is 1.90 bits per heavy atom. The predicted molar refractivity (Wildman–Crippen MR) is 85.3 cm³/mol. The maximum atomic E-state index is 10.9. The Hall–Kier alpha value is -0.610. The Balaban J connectivity index is 2.27. The second-order valence-electron chi connectivity index (χ2n) is 7.56. The summed E-state index contributed by atoms with van der Waals surface area (Å²) in [5, 5.41) is 22.9. The zero-order valence-corrected chi connectivity index (χ0v) is 14.0. The molecule has 0 aromatic heterocycles. The summed E-state index contributed by atoms with van der Waals surface area (Å²) in [6.07, 6.45) is 7.35. The van der Waals surface area contributed by atoms with Gasteiger partial charge in [0.2, 0.25) is 0 Å². The molecule has 21 heavy (non-hydrogen) atoms. The Kier molecular flexibility index (Phi) is 7.14. The van der Waals surface area contributed by atoms with Gasteiger partial charge >= 0.3 is 5.97 Å². The highest BCUT2D eigenvalue weighted by Gasteiger charge is 2.35. The van der Waals surface area contributed by atoms with E-state index in [9.17, 15) is 9.90 Å². The number of carbonyl (C=O) groups is 1. The smallest absolute Gasteiger partial charge is 0.306 e. The quantitative estimate of drug-likeness (QED) is 0.572. The molecule has 0 aromatic rings. The lowest BCUT2D eigenvalue weighted by Crippen LogP contribution is -2.46. The van der Waals surface area contributed by atoms with Gasteiger partial charge < -0.3 is 15.5 Å². The molecular weight excluding hydrogens is 266 g/mol. The Labute approximate surface area is 129 Å². The lowest BCUT2D eigenvalue weighted by atomic mass is 9.78. The van der Waals surface area contributed by atoms with Crippen molar-refractivity contribution in [2.75, 3.05) is 13.1 Å². The molecule has 1 aliphatic carbocycles. The van der Waals surface area contributed by atoms with Crippen molar-refractivity contribution >= 4 is 5.97 Å². The van der Waals surface area contributed by atoms with Gasteiger partial charge in [-0.3, -0.25) is 4.79 Å². The van der Waals surface area contributed by atoms with Crippen LogP contribution in [-0.4, -0.2) is 34.9 Å². The third kappa shape index (κ3) is 6.79. The molecule has 0 heterocycles. The summed E-state index contributed by atoms with van der Waals surface area (Å²) < 4.78 is 0. The fraction of sp³-hybridized carbons (Fsp3) is 0.941. The molecule has 1 rings (SSSR count). The molecule has 0 spiro atoms. The molecule has 4 nitrogen and oxygen atoms in total. The van der Waals surface area contributed by atoms with E-state index in [1.54, 1.807) is 0 Å². The van der Waals surface area contributed by atoms with Crippen LogP contribution in [0, 0.1) is 11.3 Å². The van der Waals surface area contributed by atoms with E-state index in [1.807, 2.05) is 0 Å². The van der Waals surface area contributed by atoms with E-state index in [2.05, 4.69) is 26.1 Å². The third-order valence-corrected chi connectivity index (χ3v) is 4.78. The first-order valence-corrected chi connectivity index (χ1v) is 8.44. The number of hydrogen-bond donors (Lipinski definition) is 3. The van der Waals surface area contributed by atoms with Crippen molar-refractivity contribution in [2.24, 2.45) is 11.3 Å². The van der Waals surface area contributed by atoms with E-state index >= 15 is 0 Å². The van der Waals surface area contributed by atoms with Crippen molar-refractivity contribution in [3.63, 3.8) is 0 Å². The molecular formula is C17H33NO3. The van der Waals surface area contributed by atoms with Gasteiger partial charge in [0.15, 0.2) is 0 Å². The van der Waals surface area contributed by atoms with E-state index < -0.39 is 11.6 Å². The molecule has 4 heteroatoms. The van der Waals surface area contributed by atoms with Crippen molar-refractivity contribution < 1.29 is 15.0 Å². The zero-order valence-electron chi connectivity index (χ0n) is 14.0. The zero-order chi connectivity index (χ0) is 15.9. The molecule has 1 fully saturated rings. The number of unbranched alkanes of at least 4 members (excludes halogenated alkanes) is 2. The molecule has 0 unspecified atom stereocenters. The van der Waals surface area contributed by atoms with Gasteiger partial charge in [-0.2, -0.15) is 0 Å². The monoisotopic (exact) mass is 299 g/mol. The first-order valence-electron chi connectivity index (χ1n) is 8.44. The number of hydrogen-bond acceptors (Lipinski definition) is 3. The van der Waals surface area contributed by atoms with Gasteiger partial charge in [-0.05, 0) is 37.5 Å². The average Bonchev–Trinajstić information content (AvgIpc) is 2.39. The minimum absolute atomic E-state index is 0.254. The molecule has 0 amide bonds. The predicted octanol–water partition coefficient (Wildman–Crippen LogP) is 3.19. The van der Waals surface area contributed by atoms with Crippen LogP contribution < -0.4 is 5.32 Å². The maximum Gasteiger partial charge on any atom is 0.306 e. The summed E-state index contributed by atoms with van der Waals surface area (Å²) in [6.45, 7) is 8.23. The maximum absolute atomic E-state index is 10.9. The highest BCUT2D eigenvalue weighted by molar-refractivity contribution is 5.70. The highest BCUT2D eigenvalue weighted by Crippen LogP contribution is 2.32. The van der Waals surface area contributed by atoms with Gasteiger partial charge in [-0.1, -0.05) is 40.0 Å². The molecule has 0 saturated heterocycles. The number of nitrogens with one attached hydrogen (secondary N) is 1. The second-order valence-corrected chi connectivity index (χ2v) is 7.56. The molecule has 0 radical (unpaired) electrons. The van der Waals surface area contributed by atoms with Crippen LogP contribution in [0.2, 0.25) is 0 Å². The lowest BCUT2D eigenvalue weighted by molar-refractivity contribution is -0.144. The molecule has 124 valence electrons. The second kappa shape index (κ2) is 8.14. The van der Waals surface area contributed by atoms with Crippen LogP contribution >= 0.6 is 0 Å². The molecule has 0 aromatic carbocycles. The molecule has 1 aliphatic rings. The summed E-state index contributed by atoms with van der Waals surface area (Å²) in [5.74, 6) is -0.988. The van der Waals surface area contributed by atoms with Crippen molar-refractivity contribution in [1.82, 2.24) is 5.32 Å². The standard InChI is InChI=1S/C17H33NO3/c1-4-5-6-9-16(2,3)12-18-13-17(21)10-7-14(8-11-17)15(19)20/h14,18,21H,4-13H2,1-3H3,(H,19,20). The van der Waals surface area contributed by atoms with Crippen molar-refractivity contribution in [3.8, 4) is 0 Å². The molecule has 0 aliphatic heterocycles. The normalized spacial score (nSPS) is 26.8. The number of carboxylic acid groups (broad SMARTS) is 1. The van der Waals surface area contributed by atoms with Crippen molar-refractivity contribution in [1.29, 1.82) is 0 Å². The lowest BCUT2D eigenvalue weighted by Gasteiger charge is -2.36. The average molecular weight is 299 g/mol. The SMILES string of the molecule is CCCCCC(C)(C)CNCC1(O)CCC(C(=O)O)CC1. The molecule has 3 N–H and O–H groups in total. The van der Waals surface area contributed by atoms with Crippen LogP contribution in [-0.2, 0) is 4.79 Å². The minimum Gasteiger partial charge on any atom is -0.481 e. The highest BCUT2D eigenvalue weighted by atomic mass is 16.4. The number of aliphatic hydroxyl groups is 1. The topological polar surface area (TPSA) is 69.6 Å². The van der Waals surface area contributed by atoms with Gasteiger partial charge in [0.25, 0.3) is 0 Å². The third-order valence-electron chi connectivity index (χ3n) is 4.78. The Morgan fingerprint density at radius 1 is 1.29 bits per heavy atom. The fourth-order valence-corrected chi connectivity index (χ4v) is 3.15. The van der Waals surface area contributed by atoms with Gasteiger partial charge in [-0.15, -0.1) is 0 Å². The van der Waals surface area contributed by atoms with Crippen LogP contribution in [0.25, 0.3) is 0 Å². The Morgan fingerprint density at radius 3 is 2.43 bits per heavy atom. The summed E-state index contributed by atoms with van der Waals surface area (Å²) in [5.41, 5.74) is -0.463. The van der Waals surface area contributed by atoms with Gasteiger partial charge in [0.1, 0.15) is 0 Å². The van der Waals surface area contributed by atoms with Crippen molar-refractivity contribution in [2.45, 2.75) is 77.7 Å². The number of rotatable bonds is 9. The summed E-state index contributed by atoms with van der Waals surface area (Å²) in [7, 11) is 0. The van der Waals surface area contributed by atoms with Gasteiger partial charge in [-0.25, -0.2) is 0 Å². The van der Waals surface area contributed by atoms with E-state index in [0.29, 0.717) is 32.2 Å². The number of carboxylic acids is 1. The molecule has 0 bridgehead atoms. The molecule has 1 saturated carbocycles. The number of aliphatic carboxylic acids is 1. The first-order chi connectivity index (χ1) is 9.78. The van der Waals surface area contributed by atoms with E-state index in [-0.39, 0.29) is 11.3 Å². The van der Waals surface area contributed by atoms with Gasteiger partial charge in [0, 0.05) is 13.1 Å². The fourth-order valence-electron chi connectivity index (χ4n) is 3.15.